The molecule has 0 N–H and O–H groups in total. The lowest BCUT2D eigenvalue weighted by Gasteiger charge is -2.06. The van der Waals surface area contributed by atoms with Crippen molar-refractivity contribution < 1.29 is 23.5 Å². The summed E-state index contributed by atoms with van der Waals surface area (Å²) in [5.74, 6) is 2.89. The highest BCUT2D eigenvalue weighted by molar-refractivity contribution is 6.05. The van der Waals surface area contributed by atoms with E-state index in [0.717, 1.165) is 18.8 Å². The molecule has 0 saturated heterocycles. The molecule has 3 aromatic rings. The lowest BCUT2D eigenvalue weighted by molar-refractivity contribution is 0.0552. The van der Waals surface area contributed by atoms with Gasteiger partial charge in [-0.05, 0) is 30.2 Å². The predicted molar refractivity (Wildman–Crippen MR) is 101 cm³/mol. The van der Waals surface area contributed by atoms with Crippen LogP contribution in [0.2, 0.25) is 0 Å². The Bertz CT molecular complexity index is 1080. The molecular weight excluding hydrogens is 361 g/mol. The number of aromatic nitrogens is 1. The lowest BCUT2D eigenvalue weighted by atomic mass is 10.1. The second-order valence-corrected chi connectivity index (χ2v) is 5.66. The number of para-hydroxylation sites is 1. The van der Waals surface area contributed by atoms with Crippen molar-refractivity contribution in [3.63, 3.8) is 0 Å². The first-order valence-corrected chi connectivity index (χ1v) is 8.31. The topological polar surface area (TPSA) is 57.5 Å². The Kier molecular flexibility index (Phi) is 5.56. The zero-order chi connectivity index (χ0) is 20.1. The SMILES string of the molecule is COC(=O)c1c(C(=O)OC)c(C#Cc2ccccc2)n(-c2ccccc2)c1F. The Balaban J connectivity index is 2.35. The van der Waals surface area contributed by atoms with Crippen molar-refractivity contribution in [2.75, 3.05) is 14.2 Å². The van der Waals surface area contributed by atoms with Crippen LogP contribution in [0.5, 0.6) is 0 Å². The minimum atomic E-state index is -0.990. The average Bonchev–Trinajstić information content (AvgIpc) is 3.04. The smallest absolute Gasteiger partial charge is 0.343 e. The van der Waals surface area contributed by atoms with Crippen molar-refractivity contribution in [3.05, 3.63) is 89.0 Å². The van der Waals surface area contributed by atoms with Crippen LogP contribution in [0, 0.1) is 17.8 Å². The molecule has 0 fully saturated rings. The van der Waals surface area contributed by atoms with Gasteiger partial charge in [0.2, 0.25) is 5.95 Å². The highest BCUT2D eigenvalue weighted by atomic mass is 19.1. The monoisotopic (exact) mass is 377 g/mol. The maximum Gasteiger partial charge on any atom is 0.343 e. The molecule has 0 aliphatic carbocycles. The summed E-state index contributed by atoms with van der Waals surface area (Å²) in [6.45, 7) is 0. The first-order valence-electron chi connectivity index (χ1n) is 8.31. The number of benzene rings is 2. The zero-order valence-corrected chi connectivity index (χ0v) is 15.2. The van der Waals surface area contributed by atoms with E-state index in [9.17, 15) is 9.59 Å². The highest BCUT2D eigenvalue weighted by Crippen LogP contribution is 2.27. The zero-order valence-electron chi connectivity index (χ0n) is 15.2. The molecule has 1 heterocycles. The molecule has 3 rings (SSSR count). The highest BCUT2D eigenvalue weighted by Gasteiger charge is 2.33. The number of hydrogen-bond acceptors (Lipinski definition) is 4. The first-order chi connectivity index (χ1) is 13.6. The molecule has 0 aliphatic rings. The minimum absolute atomic E-state index is 0.000182. The quantitative estimate of drug-likeness (QED) is 0.517. The van der Waals surface area contributed by atoms with Crippen molar-refractivity contribution in [3.8, 4) is 17.5 Å². The molecule has 0 radical (unpaired) electrons. The van der Waals surface area contributed by atoms with Gasteiger partial charge in [-0.2, -0.15) is 4.39 Å². The summed E-state index contributed by atoms with van der Waals surface area (Å²) in [5, 5.41) is 0. The standard InChI is InChI=1S/C22H16FNO4/c1-27-21(25)18-17(14-13-15-9-5-3-6-10-15)24(16-11-7-4-8-12-16)20(23)19(18)22(26)28-2/h3-12H,1-2H3. The Morgan fingerprint density at radius 3 is 1.93 bits per heavy atom. The summed E-state index contributed by atoms with van der Waals surface area (Å²) in [4.78, 5) is 24.6. The number of hydrogen-bond donors (Lipinski definition) is 0. The van der Waals surface area contributed by atoms with Crippen LogP contribution in [0.25, 0.3) is 5.69 Å². The molecule has 28 heavy (non-hydrogen) atoms. The predicted octanol–water partition coefficient (Wildman–Crippen LogP) is 3.59. The molecule has 0 bridgehead atoms. The molecule has 0 amide bonds. The van der Waals surface area contributed by atoms with Gasteiger partial charge in [0, 0.05) is 11.3 Å². The van der Waals surface area contributed by atoms with Crippen molar-refractivity contribution in [2.45, 2.75) is 0 Å². The van der Waals surface area contributed by atoms with Crippen molar-refractivity contribution in [1.82, 2.24) is 4.57 Å². The van der Waals surface area contributed by atoms with Gasteiger partial charge in [-0.25, -0.2) is 9.59 Å². The number of ether oxygens (including phenoxy) is 2. The van der Waals surface area contributed by atoms with Crippen molar-refractivity contribution in [1.29, 1.82) is 0 Å². The number of carbonyl (C=O) groups excluding carboxylic acids is 2. The van der Waals surface area contributed by atoms with Gasteiger partial charge in [-0.15, -0.1) is 0 Å². The van der Waals surface area contributed by atoms with E-state index in [1.807, 2.05) is 18.2 Å². The van der Waals surface area contributed by atoms with E-state index < -0.39 is 23.4 Å². The second kappa shape index (κ2) is 8.23. The molecule has 140 valence electrons. The molecule has 2 aromatic carbocycles. The molecule has 0 aliphatic heterocycles. The average molecular weight is 377 g/mol. The molecular formula is C22H16FNO4. The molecule has 6 heteroatoms. The number of esters is 2. The van der Waals surface area contributed by atoms with Gasteiger partial charge >= 0.3 is 11.9 Å². The number of rotatable bonds is 3. The van der Waals surface area contributed by atoms with E-state index in [2.05, 4.69) is 16.6 Å². The van der Waals surface area contributed by atoms with Crippen LogP contribution < -0.4 is 0 Å². The maximum absolute atomic E-state index is 15.3. The van der Waals surface area contributed by atoms with Crippen LogP contribution in [0.4, 0.5) is 4.39 Å². The fraction of sp³-hybridized carbons (Fsp3) is 0.0909. The molecule has 5 nitrogen and oxygen atoms in total. The van der Waals surface area contributed by atoms with E-state index in [-0.39, 0.29) is 11.3 Å². The van der Waals surface area contributed by atoms with Crippen molar-refractivity contribution >= 4 is 11.9 Å². The molecule has 0 spiro atoms. The molecule has 0 atom stereocenters. The summed E-state index contributed by atoms with van der Waals surface area (Å²) in [5.41, 5.74) is 0.270. The van der Waals surface area contributed by atoms with E-state index in [1.165, 1.54) is 0 Å². The first kappa shape index (κ1) is 18.9. The van der Waals surface area contributed by atoms with E-state index in [1.54, 1.807) is 42.5 Å². The Morgan fingerprint density at radius 2 is 1.36 bits per heavy atom. The fourth-order valence-electron chi connectivity index (χ4n) is 2.72. The third-order valence-corrected chi connectivity index (χ3v) is 4.01. The summed E-state index contributed by atoms with van der Waals surface area (Å²) in [6, 6.07) is 17.5. The molecule has 0 saturated carbocycles. The Labute approximate surface area is 161 Å². The maximum atomic E-state index is 15.3. The summed E-state index contributed by atoms with van der Waals surface area (Å²) in [7, 11) is 2.26. The van der Waals surface area contributed by atoms with Gasteiger partial charge in [0.1, 0.15) is 16.8 Å². The van der Waals surface area contributed by atoms with Gasteiger partial charge in [0.05, 0.1) is 14.2 Å². The van der Waals surface area contributed by atoms with Crippen LogP contribution in [0.15, 0.2) is 60.7 Å². The van der Waals surface area contributed by atoms with E-state index >= 15 is 4.39 Å². The largest absolute Gasteiger partial charge is 0.465 e. The van der Waals surface area contributed by atoms with Crippen LogP contribution in [0.3, 0.4) is 0 Å². The van der Waals surface area contributed by atoms with Crippen LogP contribution in [-0.2, 0) is 9.47 Å². The van der Waals surface area contributed by atoms with Gasteiger partial charge in [-0.1, -0.05) is 42.3 Å². The normalized spacial score (nSPS) is 9.96. The van der Waals surface area contributed by atoms with Crippen molar-refractivity contribution in [2.24, 2.45) is 0 Å². The minimum Gasteiger partial charge on any atom is -0.465 e. The van der Waals surface area contributed by atoms with Gasteiger partial charge in [0.15, 0.2) is 0 Å². The van der Waals surface area contributed by atoms with Crippen LogP contribution >= 0.6 is 0 Å². The van der Waals surface area contributed by atoms with E-state index in [4.69, 9.17) is 4.74 Å². The lowest BCUT2D eigenvalue weighted by Crippen LogP contribution is -2.11. The summed E-state index contributed by atoms with van der Waals surface area (Å²) >= 11 is 0. The van der Waals surface area contributed by atoms with E-state index in [0.29, 0.717) is 11.3 Å². The second-order valence-electron chi connectivity index (χ2n) is 5.66. The van der Waals surface area contributed by atoms with Gasteiger partial charge in [-0.3, -0.25) is 4.57 Å². The number of nitrogens with zero attached hydrogens (tertiary/aromatic N) is 1. The number of halogens is 1. The third-order valence-electron chi connectivity index (χ3n) is 4.01. The number of carbonyl (C=O) groups is 2. The van der Waals surface area contributed by atoms with Crippen LogP contribution in [0.1, 0.15) is 32.0 Å². The van der Waals surface area contributed by atoms with Gasteiger partial charge in [0.25, 0.3) is 0 Å². The van der Waals surface area contributed by atoms with Gasteiger partial charge < -0.3 is 9.47 Å². The molecule has 0 unspecified atom stereocenters. The number of methoxy groups -OCH3 is 2. The fourth-order valence-corrected chi connectivity index (χ4v) is 2.72. The summed E-state index contributed by atoms with van der Waals surface area (Å²) < 4.78 is 25.8. The Hall–Kier alpha value is -3.85. The van der Waals surface area contributed by atoms with Crippen LogP contribution in [-0.4, -0.2) is 30.7 Å². The Morgan fingerprint density at radius 1 is 0.821 bits per heavy atom. The third kappa shape index (κ3) is 3.51. The molecule has 1 aromatic heterocycles. The summed E-state index contributed by atoms with van der Waals surface area (Å²) in [6.07, 6.45) is 0.